The molecule has 0 saturated carbocycles. The molecule has 0 radical (unpaired) electrons. The molecule has 3 rings (SSSR count). The zero-order valence-corrected chi connectivity index (χ0v) is 13.9. The van der Waals surface area contributed by atoms with Crippen molar-refractivity contribution in [3.05, 3.63) is 47.5 Å². The van der Waals surface area contributed by atoms with Crippen molar-refractivity contribution in [1.82, 2.24) is 25.0 Å². The minimum Gasteiger partial charge on any atom is -0.345 e. The molecule has 0 saturated heterocycles. The molecule has 1 aromatic heterocycles. The molecule has 6 nitrogen and oxygen atoms in total. The van der Waals surface area contributed by atoms with Gasteiger partial charge in [0, 0.05) is 20.1 Å². The molecule has 1 N–H and O–H groups in total. The molecule has 122 valence electrons. The Morgan fingerprint density at radius 3 is 2.43 bits per heavy atom. The number of carbonyl (C=O) groups excluding carboxylic acids is 1. The maximum atomic E-state index is 12.5. The summed E-state index contributed by atoms with van der Waals surface area (Å²) in [6, 6.07) is 8.23. The summed E-state index contributed by atoms with van der Waals surface area (Å²) in [5.74, 6) is 1.06. The summed E-state index contributed by atoms with van der Waals surface area (Å²) in [6.07, 6.45) is 1.52. The van der Waals surface area contributed by atoms with E-state index in [9.17, 15) is 4.79 Å². The lowest BCUT2D eigenvalue weighted by molar-refractivity contribution is -0.123. The number of aryl methyl sites for hydroxylation is 1. The van der Waals surface area contributed by atoms with E-state index in [4.69, 9.17) is 0 Å². The number of nitrogens with one attached hydrogen (secondary N) is 1. The fraction of sp³-hybridized carbons (Fsp3) is 0.471. The lowest BCUT2D eigenvalue weighted by Crippen LogP contribution is -2.39. The van der Waals surface area contributed by atoms with Crippen molar-refractivity contribution >= 4 is 5.91 Å². The van der Waals surface area contributed by atoms with Crippen LogP contribution in [0.2, 0.25) is 0 Å². The van der Waals surface area contributed by atoms with Crippen molar-refractivity contribution in [3.8, 4) is 0 Å². The summed E-state index contributed by atoms with van der Waals surface area (Å²) in [7, 11) is 1.85. The highest BCUT2D eigenvalue weighted by Crippen LogP contribution is 2.22. The Bertz CT molecular complexity index is 669. The molecule has 1 amide bonds. The minimum absolute atomic E-state index is 0.0273. The highest BCUT2D eigenvalue weighted by atomic mass is 16.2. The van der Waals surface area contributed by atoms with Crippen LogP contribution < -0.4 is 5.32 Å². The Hall–Kier alpha value is -2.21. The Kier molecular flexibility index (Phi) is 4.43. The zero-order valence-electron chi connectivity index (χ0n) is 13.9. The molecule has 0 fully saturated rings. The fourth-order valence-electron chi connectivity index (χ4n) is 3.05. The van der Waals surface area contributed by atoms with E-state index in [-0.39, 0.29) is 17.9 Å². The van der Waals surface area contributed by atoms with Crippen molar-refractivity contribution in [2.24, 2.45) is 13.0 Å². The van der Waals surface area contributed by atoms with Crippen LogP contribution in [0.1, 0.15) is 36.8 Å². The first kappa shape index (κ1) is 15.7. The van der Waals surface area contributed by atoms with Gasteiger partial charge < -0.3 is 5.32 Å². The third-order valence-electron chi connectivity index (χ3n) is 4.28. The number of aromatic nitrogens is 3. The van der Waals surface area contributed by atoms with Crippen molar-refractivity contribution in [3.63, 3.8) is 0 Å². The standard InChI is InChI=1S/C17H23N5O/c1-12(2)16(17-18-11-19-21(17)3)20-15(23)10-22-8-13-6-4-5-7-14(13)9-22/h4-7,11-12,16H,8-10H2,1-3H3,(H,20,23). The van der Waals surface area contributed by atoms with Crippen LogP contribution in [0.15, 0.2) is 30.6 Å². The quantitative estimate of drug-likeness (QED) is 0.911. The summed E-state index contributed by atoms with van der Waals surface area (Å²) in [6.45, 7) is 6.21. The predicted molar refractivity (Wildman–Crippen MR) is 87.3 cm³/mol. The Morgan fingerprint density at radius 1 is 1.26 bits per heavy atom. The van der Waals surface area contributed by atoms with Crippen LogP contribution in [0.3, 0.4) is 0 Å². The maximum absolute atomic E-state index is 12.5. The van der Waals surface area contributed by atoms with Crippen LogP contribution in [-0.4, -0.2) is 32.1 Å². The van der Waals surface area contributed by atoms with E-state index < -0.39 is 0 Å². The number of amides is 1. The minimum atomic E-state index is -0.125. The van der Waals surface area contributed by atoms with E-state index in [2.05, 4.69) is 46.3 Å². The molecular formula is C17H23N5O. The average molecular weight is 313 g/mol. The van der Waals surface area contributed by atoms with Crippen LogP contribution in [0, 0.1) is 5.92 Å². The van der Waals surface area contributed by atoms with Gasteiger partial charge in [-0.3, -0.25) is 14.4 Å². The highest BCUT2D eigenvalue weighted by molar-refractivity contribution is 5.78. The average Bonchev–Trinajstić information content (AvgIpc) is 3.09. The topological polar surface area (TPSA) is 63.1 Å². The lowest BCUT2D eigenvalue weighted by Gasteiger charge is -2.23. The molecule has 6 heteroatoms. The molecular weight excluding hydrogens is 290 g/mol. The molecule has 2 heterocycles. The van der Waals surface area contributed by atoms with Gasteiger partial charge in [-0.1, -0.05) is 38.1 Å². The summed E-state index contributed by atoms with van der Waals surface area (Å²) >= 11 is 0. The van der Waals surface area contributed by atoms with E-state index in [1.54, 1.807) is 4.68 Å². The molecule has 1 atom stereocenters. The van der Waals surface area contributed by atoms with E-state index in [1.165, 1.54) is 17.5 Å². The number of rotatable bonds is 5. The van der Waals surface area contributed by atoms with Gasteiger partial charge in [-0.05, 0) is 17.0 Å². The van der Waals surface area contributed by atoms with Crippen LogP contribution in [0.5, 0.6) is 0 Å². The predicted octanol–water partition coefficient (Wildman–Crippen LogP) is 1.64. The molecule has 1 unspecified atom stereocenters. The summed E-state index contributed by atoms with van der Waals surface area (Å²) < 4.78 is 1.72. The number of benzene rings is 1. The lowest BCUT2D eigenvalue weighted by atomic mass is 10.0. The monoisotopic (exact) mass is 313 g/mol. The molecule has 1 aliphatic rings. The van der Waals surface area contributed by atoms with Crippen molar-refractivity contribution < 1.29 is 4.79 Å². The van der Waals surface area contributed by atoms with Gasteiger partial charge in [0.25, 0.3) is 0 Å². The van der Waals surface area contributed by atoms with Crippen LogP contribution in [0.4, 0.5) is 0 Å². The van der Waals surface area contributed by atoms with Crippen LogP contribution in [0.25, 0.3) is 0 Å². The van der Waals surface area contributed by atoms with E-state index in [0.717, 1.165) is 18.9 Å². The third-order valence-corrected chi connectivity index (χ3v) is 4.28. The van der Waals surface area contributed by atoms with Crippen molar-refractivity contribution in [2.45, 2.75) is 33.0 Å². The normalized spacial score (nSPS) is 15.7. The zero-order chi connectivity index (χ0) is 16.4. The van der Waals surface area contributed by atoms with Gasteiger partial charge in [-0.25, -0.2) is 4.98 Å². The summed E-state index contributed by atoms with van der Waals surface area (Å²) in [5.41, 5.74) is 2.63. The largest absolute Gasteiger partial charge is 0.345 e. The molecule has 0 bridgehead atoms. The van der Waals surface area contributed by atoms with Gasteiger partial charge in [0.15, 0.2) is 0 Å². The van der Waals surface area contributed by atoms with E-state index >= 15 is 0 Å². The first-order valence-corrected chi connectivity index (χ1v) is 7.97. The number of hydrogen-bond acceptors (Lipinski definition) is 4. The molecule has 0 spiro atoms. The van der Waals surface area contributed by atoms with Crippen LogP contribution in [-0.2, 0) is 24.9 Å². The van der Waals surface area contributed by atoms with Gasteiger partial charge >= 0.3 is 0 Å². The number of hydrogen-bond donors (Lipinski definition) is 1. The Morgan fingerprint density at radius 2 is 1.91 bits per heavy atom. The second kappa shape index (κ2) is 6.50. The second-order valence-electron chi connectivity index (χ2n) is 6.44. The Balaban J connectivity index is 1.62. The first-order valence-electron chi connectivity index (χ1n) is 7.97. The Labute approximate surface area is 136 Å². The molecule has 1 aromatic carbocycles. The van der Waals surface area contributed by atoms with Gasteiger partial charge in [-0.2, -0.15) is 5.10 Å². The van der Waals surface area contributed by atoms with Crippen LogP contribution >= 0.6 is 0 Å². The van der Waals surface area contributed by atoms with Gasteiger partial charge in [-0.15, -0.1) is 0 Å². The molecule has 2 aromatic rings. The third kappa shape index (κ3) is 3.42. The summed E-state index contributed by atoms with van der Waals surface area (Å²) in [5, 5.41) is 7.21. The summed E-state index contributed by atoms with van der Waals surface area (Å²) in [4.78, 5) is 18.9. The first-order chi connectivity index (χ1) is 11.0. The number of nitrogens with zero attached hydrogens (tertiary/aromatic N) is 4. The van der Waals surface area contributed by atoms with E-state index in [1.807, 2.05) is 19.2 Å². The maximum Gasteiger partial charge on any atom is 0.234 e. The molecule has 1 aliphatic heterocycles. The molecule has 23 heavy (non-hydrogen) atoms. The second-order valence-corrected chi connectivity index (χ2v) is 6.44. The van der Waals surface area contributed by atoms with Gasteiger partial charge in [0.2, 0.25) is 5.91 Å². The van der Waals surface area contributed by atoms with Gasteiger partial charge in [0.1, 0.15) is 12.2 Å². The van der Waals surface area contributed by atoms with Crippen molar-refractivity contribution in [2.75, 3.05) is 6.54 Å². The van der Waals surface area contributed by atoms with E-state index in [0.29, 0.717) is 6.54 Å². The SMILES string of the molecule is CC(C)C(NC(=O)CN1Cc2ccccc2C1)c1ncnn1C. The smallest absolute Gasteiger partial charge is 0.234 e. The molecule has 0 aliphatic carbocycles. The van der Waals surface area contributed by atoms with Crippen molar-refractivity contribution in [1.29, 1.82) is 0 Å². The highest BCUT2D eigenvalue weighted by Gasteiger charge is 2.25. The fourth-order valence-corrected chi connectivity index (χ4v) is 3.05. The van der Waals surface area contributed by atoms with Gasteiger partial charge in [0.05, 0.1) is 12.6 Å². The number of carbonyl (C=O) groups is 1. The number of fused-ring (bicyclic) bond motifs is 1.